The molecule has 0 amide bonds. The van der Waals surface area contributed by atoms with Gasteiger partial charge in [-0.2, -0.15) is 0 Å². The minimum absolute atomic E-state index is 0.0441. The number of nitrogens with one attached hydrogen (secondary N) is 1. The Hall–Kier alpha value is -1.02. The van der Waals surface area contributed by atoms with Gasteiger partial charge in [-0.15, -0.1) is 6.42 Å². The SMILES string of the molecule is C#CC(C)NCC(O)COc1ccc(Br)cc1. The van der Waals surface area contributed by atoms with Crippen LogP contribution in [0.25, 0.3) is 0 Å². The average Bonchev–Trinajstić information content (AvgIpc) is 2.35. The molecule has 2 atom stereocenters. The maximum absolute atomic E-state index is 9.64. The van der Waals surface area contributed by atoms with Gasteiger partial charge in [0, 0.05) is 11.0 Å². The molecule has 3 nitrogen and oxygen atoms in total. The Morgan fingerprint density at radius 2 is 2.12 bits per heavy atom. The van der Waals surface area contributed by atoms with Gasteiger partial charge >= 0.3 is 0 Å². The van der Waals surface area contributed by atoms with E-state index < -0.39 is 6.10 Å². The lowest BCUT2D eigenvalue weighted by Crippen LogP contribution is -2.35. The monoisotopic (exact) mass is 297 g/mol. The highest BCUT2D eigenvalue weighted by Crippen LogP contribution is 2.16. The Bertz CT molecular complexity index is 372. The molecule has 0 saturated heterocycles. The Morgan fingerprint density at radius 3 is 2.71 bits per heavy atom. The van der Waals surface area contributed by atoms with Crippen LogP contribution in [0, 0.1) is 12.3 Å². The summed E-state index contributed by atoms with van der Waals surface area (Å²) in [6.45, 7) is 2.52. The Kier molecular flexibility index (Phi) is 6.06. The lowest BCUT2D eigenvalue weighted by molar-refractivity contribution is 0.105. The van der Waals surface area contributed by atoms with Crippen LogP contribution in [-0.2, 0) is 0 Å². The molecule has 2 N–H and O–H groups in total. The predicted octanol–water partition coefficient (Wildman–Crippen LogP) is 1.80. The van der Waals surface area contributed by atoms with E-state index in [0.29, 0.717) is 6.54 Å². The fraction of sp³-hybridized carbons (Fsp3) is 0.385. The van der Waals surface area contributed by atoms with Gasteiger partial charge in [-0.25, -0.2) is 0 Å². The van der Waals surface area contributed by atoms with Crippen LogP contribution in [0.15, 0.2) is 28.7 Å². The number of ether oxygens (including phenoxy) is 1. The number of terminal acetylenes is 1. The minimum atomic E-state index is -0.575. The van der Waals surface area contributed by atoms with Crippen molar-refractivity contribution in [2.75, 3.05) is 13.2 Å². The zero-order chi connectivity index (χ0) is 12.7. The third-order valence-electron chi connectivity index (χ3n) is 2.17. The van der Waals surface area contributed by atoms with E-state index in [-0.39, 0.29) is 12.6 Å². The average molecular weight is 298 g/mol. The molecule has 0 fully saturated rings. The fourth-order valence-corrected chi connectivity index (χ4v) is 1.42. The van der Waals surface area contributed by atoms with Gasteiger partial charge in [0.05, 0.1) is 6.04 Å². The molecule has 0 radical (unpaired) electrons. The van der Waals surface area contributed by atoms with Crippen LogP contribution < -0.4 is 10.1 Å². The molecule has 17 heavy (non-hydrogen) atoms. The van der Waals surface area contributed by atoms with Crippen molar-refractivity contribution in [2.45, 2.75) is 19.1 Å². The van der Waals surface area contributed by atoms with Crippen LogP contribution in [-0.4, -0.2) is 30.4 Å². The highest BCUT2D eigenvalue weighted by atomic mass is 79.9. The van der Waals surface area contributed by atoms with Crippen molar-refractivity contribution in [3.8, 4) is 18.1 Å². The number of halogens is 1. The van der Waals surface area contributed by atoms with Crippen molar-refractivity contribution in [2.24, 2.45) is 0 Å². The van der Waals surface area contributed by atoms with Crippen molar-refractivity contribution < 1.29 is 9.84 Å². The molecule has 2 unspecified atom stereocenters. The number of hydrogen-bond acceptors (Lipinski definition) is 3. The molecule has 0 heterocycles. The van der Waals surface area contributed by atoms with Crippen LogP contribution in [0.2, 0.25) is 0 Å². The van der Waals surface area contributed by atoms with Gasteiger partial charge in [0.1, 0.15) is 18.5 Å². The lowest BCUT2D eigenvalue weighted by atomic mass is 10.3. The molecule has 0 aliphatic rings. The first kappa shape index (κ1) is 14.0. The van der Waals surface area contributed by atoms with E-state index >= 15 is 0 Å². The van der Waals surface area contributed by atoms with Gasteiger partial charge in [-0.1, -0.05) is 21.9 Å². The van der Waals surface area contributed by atoms with Crippen LogP contribution in [0.4, 0.5) is 0 Å². The van der Waals surface area contributed by atoms with E-state index in [1.165, 1.54) is 0 Å². The summed E-state index contributed by atoms with van der Waals surface area (Å²) >= 11 is 3.34. The molecule has 0 aromatic heterocycles. The smallest absolute Gasteiger partial charge is 0.119 e. The zero-order valence-corrected chi connectivity index (χ0v) is 11.3. The Morgan fingerprint density at radius 1 is 1.47 bits per heavy atom. The summed E-state index contributed by atoms with van der Waals surface area (Å²) in [6.07, 6.45) is 4.63. The first-order valence-corrected chi connectivity index (χ1v) is 6.17. The second-order valence-corrected chi connectivity index (χ2v) is 4.63. The highest BCUT2D eigenvalue weighted by molar-refractivity contribution is 9.10. The molecule has 4 heteroatoms. The summed E-state index contributed by atoms with van der Waals surface area (Å²) in [6, 6.07) is 7.42. The number of aliphatic hydroxyl groups excluding tert-OH is 1. The zero-order valence-electron chi connectivity index (χ0n) is 9.69. The normalized spacial score (nSPS) is 13.8. The molecule has 0 saturated carbocycles. The van der Waals surface area contributed by atoms with Gasteiger partial charge in [0.25, 0.3) is 0 Å². The van der Waals surface area contributed by atoms with Gasteiger partial charge in [-0.3, -0.25) is 0 Å². The molecular formula is C13H16BrNO2. The van der Waals surface area contributed by atoms with Gasteiger partial charge in [0.2, 0.25) is 0 Å². The minimum Gasteiger partial charge on any atom is -0.491 e. The predicted molar refractivity (Wildman–Crippen MR) is 71.9 cm³/mol. The van der Waals surface area contributed by atoms with E-state index in [1.807, 2.05) is 31.2 Å². The number of hydrogen-bond donors (Lipinski definition) is 2. The number of aliphatic hydroxyl groups is 1. The molecule has 1 rings (SSSR count). The van der Waals surface area contributed by atoms with Gasteiger partial charge < -0.3 is 15.2 Å². The van der Waals surface area contributed by atoms with Crippen molar-refractivity contribution >= 4 is 15.9 Å². The second kappa shape index (κ2) is 7.33. The first-order valence-electron chi connectivity index (χ1n) is 5.37. The molecule has 1 aromatic rings. The summed E-state index contributed by atoms with van der Waals surface area (Å²) in [5.74, 6) is 3.27. The van der Waals surface area contributed by atoms with Crippen molar-refractivity contribution in [3.05, 3.63) is 28.7 Å². The summed E-state index contributed by atoms with van der Waals surface area (Å²) in [4.78, 5) is 0. The van der Waals surface area contributed by atoms with Crippen LogP contribution in [0.3, 0.4) is 0 Å². The van der Waals surface area contributed by atoms with E-state index in [2.05, 4.69) is 27.2 Å². The Labute approximate surface area is 110 Å². The second-order valence-electron chi connectivity index (χ2n) is 3.72. The van der Waals surface area contributed by atoms with Crippen LogP contribution in [0.5, 0.6) is 5.75 Å². The third kappa shape index (κ3) is 5.73. The van der Waals surface area contributed by atoms with Gasteiger partial charge in [-0.05, 0) is 31.2 Å². The van der Waals surface area contributed by atoms with E-state index in [0.717, 1.165) is 10.2 Å². The summed E-state index contributed by atoms with van der Waals surface area (Å²) in [7, 11) is 0. The fourth-order valence-electron chi connectivity index (χ4n) is 1.15. The standard InChI is InChI=1S/C13H16BrNO2/c1-3-10(2)15-8-12(16)9-17-13-6-4-11(14)5-7-13/h1,4-7,10,12,15-16H,8-9H2,2H3. The van der Waals surface area contributed by atoms with E-state index in [1.54, 1.807) is 0 Å². The molecule has 0 bridgehead atoms. The quantitative estimate of drug-likeness (QED) is 0.787. The lowest BCUT2D eigenvalue weighted by Gasteiger charge is -2.14. The van der Waals surface area contributed by atoms with Crippen molar-refractivity contribution in [3.63, 3.8) is 0 Å². The number of rotatable bonds is 6. The maximum atomic E-state index is 9.64. The third-order valence-corrected chi connectivity index (χ3v) is 2.69. The summed E-state index contributed by atoms with van der Waals surface area (Å²) < 4.78 is 6.42. The molecule has 0 aliphatic carbocycles. The maximum Gasteiger partial charge on any atom is 0.119 e. The van der Waals surface area contributed by atoms with Crippen LogP contribution in [0.1, 0.15) is 6.92 Å². The van der Waals surface area contributed by atoms with E-state index in [9.17, 15) is 5.11 Å². The summed E-state index contributed by atoms with van der Waals surface area (Å²) in [5.41, 5.74) is 0. The largest absolute Gasteiger partial charge is 0.491 e. The molecule has 0 aliphatic heterocycles. The highest BCUT2D eigenvalue weighted by Gasteiger charge is 2.06. The molecule has 92 valence electrons. The van der Waals surface area contributed by atoms with E-state index in [4.69, 9.17) is 11.2 Å². The molecule has 0 spiro atoms. The van der Waals surface area contributed by atoms with Gasteiger partial charge in [0.15, 0.2) is 0 Å². The van der Waals surface area contributed by atoms with Crippen molar-refractivity contribution in [1.29, 1.82) is 0 Å². The molecule has 1 aromatic carbocycles. The van der Waals surface area contributed by atoms with Crippen molar-refractivity contribution in [1.82, 2.24) is 5.32 Å². The summed E-state index contributed by atoms with van der Waals surface area (Å²) in [5, 5.41) is 12.6. The first-order chi connectivity index (χ1) is 8.11. The van der Waals surface area contributed by atoms with Crippen LogP contribution >= 0.6 is 15.9 Å². The topological polar surface area (TPSA) is 41.5 Å². The molecular weight excluding hydrogens is 282 g/mol. The Balaban J connectivity index is 2.26. The number of benzene rings is 1.